The second-order valence-corrected chi connectivity index (χ2v) is 12.3. The van der Waals surface area contributed by atoms with E-state index in [1.165, 1.54) is 25.3 Å². The zero-order chi connectivity index (χ0) is 30.8. The van der Waals surface area contributed by atoms with Gasteiger partial charge in [0.15, 0.2) is 0 Å². The van der Waals surface area contributed by atoms with E-state index in [0.29, 0.717) is 22.6 Å². The summed E-state index contributed by atoms with van der Waals surface area (Å²) in [6.45, 7) is 1.50. The van der Waals surface area contributed by atoms with Crippen molar-refractivity contribution in [1.82, 2.24) is 15.0 Å². The summed E-state index contributed by atoms with van der Waals surface area (Å²) >= 11 is 0. The van der Waals surface area contributed by atoms with E-state index >= 15 is 4.39 Å². The summed E-state index contributed by atoms with van der Waals surface area (Å²) < 4.78 is 86.3. The first-order valence-corrected chi connectivity index (χ1v) is 15.3. The van der Waals surface area contributed by atoms with Crippen molar-refractivity contribution in [3.63, 3.8) is 0 Å². The van der Waals surface area contributed by atoms with E-state index in [0.717, 1.165) is 31.7 Å². The van der Waals surface area contributed by atoms with E-state index < -0.39 is 34.2 Å². The molecule has 43 heavy (non-hydrogen) atoms. The molecule has 0 spiro atoms. The molecule has 0 saturated heterocycles. The molecule has 1 aliphatic rings. The molecule has 2 aromatic heterocycles. The third-order valence-corrected chi connectivity index (χ3v) is 8.52. The molecule has 0 aliphatic heterocycles. The van der Waals surface area contributed by atoms with Gasteiger partial charge in [-0.15, -0.1) is 0 Å². The lowest BCUT2D eigenvalue weighted by Gasteiger charge is -2.26. The van der Waals surface area contributed by atoms with E-state index in [9.17, 15) is 21.6 Å². The summed E-state index contributed by atoms with van der Waals surface area (Å²) in [4.78, 5) is 13.3. The van der Waals surface area contributed by atoms with Gasteiger partial charge < -0.3 is 15.8 Å². The van der Waals surface area contributed by atoms with E-state index in [2.05, 4.69) is 25.0 Å². The van der Waals surface area contributed by atoms with Gasteiger partial charge in [-0.3, -0.25) is 4.72 Å². The molecule has 1 saturated carbocycles. The Kier molecular flexibility index (Phi) is 8.69. The van der Waals surface area contributed by atoms with Crippen molar-refractivity contribution in [2.45, 2.75) is 57.3 Å². The maximum absolute atomic E-state index is 15.2. The molecular weight excluding hydrogens is 588 g/mol. The number of fused-ring (bicyclic) bond motifs is 1. The number of anilines is 2. The lowest BCUT2D eigenvalue weighted by atomic mass is 9.92. The Bertz CT molecular complexity index is 1730. The van der Waals surface area contributed by atoms with Gasteiger partial charge in [-0.25, -0.2) is 27.8 Å². The molecule has 9 nitrogen and oxygen atoms in total. The lowest BCUT2D eigenvalue weighted by molar-refractivity contribution is -0.129. The van der Waals surface area contributed by atoms with Gasteiger partial charge >= 0.3 is 6.18 Å². The average Bonchev–Trinajstić information content (AvgIpc) is 2.96. The fourth-order valence-corrected chi connectivity index (χ4v) is 6.06. The van der Waals surface area contributed by atoms with Crippen molar-refractivity contribution in [1.29, 1.82) is 0 Å². The van der Waals surface area contributed by atoms with Gasteiger partial charge in [-0.1, -0.05) is 12.1 Å². The molecule has 0 amide bonds. The zero-order valence-corrected chi connectivity index (χ0v) is 24.0. The first kappa shape index (κ1) is 30.4. The number of benzene rings is 2. The molecule has 2 aromatic carbocycles. The topological polar surface area (TPSA) is 132 Å². The fourth-order valence-electron chi connectivity index (χ4n) is 4.94. The van der Waals surface area contributed by atoms with Gasteiger partial charge in [0.05, 0.1) is 29.1 Å². The maximum Gasteiger partial charge on any atom is 0.390 e. The number of nitrogens with zero attached hydrogens (tertiary/aromatic N) is 3. The molecule has 1 aliphatic carbocycles. The van der Waals surface area contributed by atoms with Crippen LogP contribution in [0.2, 0.25) is 0 Å². The molecule has 0 atom stereocenters. The van der Waals surface area contributed by atoms with Crippen LogP contribution in [0.3, 0.4) is 0 Å². The average molecular weight is 619 g/mol. The Hall–Kier alpha value is -4.04. The summed E-state index contributed by atoms with van der Waals surface area (Å²) in [6, 6.07) is 11.1. The van der Waals surface area contributed by atoms with Crippen LogP contribution in [0.15, 0.2) is 54.9 Å². The fraction of sp³-hybridized carbons (Fsp3) is 0.345. The number of aromatic nitrogens is 3. The van der Waals surface area contributed by atoms with Crippen LogP contribution in [-0.2, 0) is 10.0 Å². The number of sulfonamides is 1. The Morgan fingerprint density at radius 1 is 1.02 bits per heavy atom. The number of pyridine rings is 1. The van der Waals surface area contributed by atoms with Crippen LogP contribution in [0, 0.1) is 12.7 Å². The van der Waals surface area contributed by atoms with Crippen LogP contribution in [0.4, 0.5) is 29.2 Å². The summed E-state index contributed by atoms with van der Waals surface area (Å²) in [7, 11) is -4.39. The van der Waals surface area contributed by atoms with Crippen LogP contribution in [-0.4, -0.2) is 47.4 Å². The molecule has 5 rings (SSSR count). The molecule has 2 heterocycles. The Labute approximate surface area is 246 Å². The standard InChI is InChI=1S/C29H30F4N6O3S/c1-17-23(30)16-22-20(4-2-6-25(22)39-43(40,41)15-12-29(31,32)33)26(17)42-27-21(5-3-13-35-27)24-11-14-36-28(38-24)37-19-9-7-18(34)8-10-19/h2-6,11,13-14,16,18-19,39H,7-10,12,15,34H2,1H3,(H,36,37,38)/t18-,19-. The quantitative estimate of drug-likeness (QED) is 0.186. The third kappa shape index (κ3) is 7.49. The van der Waals surface area contributed by atoms with Crippen molar-refractivity contribution >= 4 is 32.4 Å². The van der Waals surface area contributed by atoms with Gasteiger partial charge in [-0.2, -0.15) is 13.2 Å². The molecule has 14 heteroatoms. The Morgan fingerprint density at radius 3 is 2.53 bits per heavy atom. The van der Waals surface area contributed by atoms with Gasteiger partial charge in [-0.05, 0) is 62.9 Å². The molecule has 0 radical (unpaired) electrons. The normalized spacial score (nSPS) is 17.5. The predicted octanol–water partition coefficient (Wildman–Crippen LogP) is 6.31. The van der Waals surface area contributed by atoms with Crippen molar-refractivity contribution in [3.05, 3.63) is 66.2 Å². The number of nitrogens with two attached hydrogens (primary N) is 1. The predicted molar refractivity (Wildman–Crippen MR) is 156 cm³/mol. The number of rotatable bonds is 9. The number of hydrogen-bond donors (Lipinski definition) is 3. The van der Waals surface area contributed by atoms with Crippen LogP contribution >= 0.6 is 0 Å². The first-order chi connectivity index (χ1) is 20.4. The van der Waals surface area contributed by atoms with Crippen molar-refractivity contribution in [2.75, 3.05) is 15.8 Å². The minimum absolute atomic E-state index is 0.0669. The molecule has 0 bridgehead atoms. The van der Waals surface area contributed by atoms with Gasteiger partial charge in [0.2, 0.25) is 21.9 Å². The molecule has 1 fully saturated rings. The van der Waals surface area contributed by atoms with Crippen LogP contribution < -0.4 is 20.5 Å². The smallest absolute Gasteiger partial charge is 0.390 e. The van der Waals surface area contributed by atoms with Crippen LogP contribution in [0.5, 0.6) is 11.6 Å². The summed E-state index contributed by atoms with van der Waals surface area (Å²) in [5, 5.41) is 3.79. The van der Waals surface area contributed by atoms with Crippen molar-refractivity contribution in [3.8, 4) is 22.9 Å². The summed E-state index contributed by atoms with van der Waals surface area (Å²) in [5.74, 6) is -1.27. The van der Waals surface area contributed by atoms with Gasteiger partial charge in [0, 0.05) is 40.8 Å². The SMILES string of the molecule is Cc1c(F)cc2c(NS(=O)(=O)CCC(F)(F)F)cccc2c1Oc1ncccc1-c1ccnc(N[C@H]2CC[C@H](N)CC2)n1. The van der Waals surface area contributed by atoms with E-state index in [1.54, 1.807) is 30.5 Å². The number of nitrogens with one attached hydrogen (secondary N) is 2. The highest BCUT2D eigenvalue weighted by atomic mass is 32.2. The van der Waals surface area contributed by atoms with Gasteiger partial charge in [0.1, 0.15) is 11.6 Å². The number of halogens is 4. The molecule has 0 unspecified atom stereocenters. The second-order valence-electron chi connectivity index (χ2n) is 10.5. The molecule has 4 N–H and O–H groups in total. The van der Waals surface area contributed by atoms with Crippen molar-refractivity contribution in [2.24, 2.45) is 5.73 Å². The summed E-state index contributed by atoms with van der Waals surface area (Å²) in [6.07, 6.45) is 0.572. The minimum atomic E-state index is -4.65. The molecule has 228 valence electrons. The van der Waals surface area contributed by atoms with Crippen LogP contribution in [0.1, 0.15) is 37.7 Å². The number of ether oxygens (including phenoxy) is 1. The largest absolute Gasteiger partial charge is 0.437 e. The van der Waals surface area contributed by atoms with E-state index in [-0.39, 0.29) is 40.4 Å². The highest BCUT2D eigenvalue weighted by molar-refractivity contribution is 7.92. The highest BCUT2D eigenvalue weighted by Crippen LogP contribution is 2.40. The van der Waals surface area contributed by atoms with Crippen LogP contribution in [0.25, 0.3) is 22.0 Å². The number of alkyl halides is 3. The third-order valence-electron chi connectivity index (χ3n) is 7.25. The molecular formula is C29H30F4N6O3S. The summed E-state index contributed by atoms with van der Waals surface area (Å²) in [5.41, 5.74) is 7.06. The van der Waals surface area contributed by atoms with Crippen molar-refractivity contribution < 1.29 is 30.7 Å². The zero-order valence-electron chi connectivity index (χ0n) is 23.2. The lowest BCUT2D eigenvalue weighted by Crippen LogP contribution is -2.33. The Morgan fingerprint density at radius 2 is 1.79 bits per heavy atom. The molecule has 4 aromatic rings. The second kappa shape index (κ2) is 12.3. The highest BCUT2D eigenvalue weighted by Gasteiger charge is 2.30. The van der Waals surface area contributed by atoms with Gasteiger partial charge in [0.25, 0.3) is 0 Å². The Balaban J connectivity index is 1.47. The van der Waals surface area contributed by atoms with E-state index in [4.69, 9.17) is 10.5 Å². The minimum Gasteiger partial charge on any atom is -0.437 e. The van der Waals surface area contributed by atoms with E-state index in [1.807, 2.05) is 0 Å². The monoisotopic (exact) mass is 618 g/mol. The number of hydrogen-bond acceptors (Lipinski definition) is 8. The maximum atomic E-state index is 15.2. The first-order valence-electron chi connectivity index (χ1n) is 13.7.